The largest absolute Gasteiger partial charge is 0.494 e. The highest BCUT2D eigenvalue weighted by Gasteiger charge is 2.05. The van der Waals surface area contributed by atoms with Gasteiger partial charge in [-0.05, 0) is 50.5 Å². The Bertz CT molecular complexity index is 565. The molecule has 0 bridgehead atoms. The van der Waals surface area contributed by atoms with E-state index in [1.807, 2.05) is 0 Å². The smallest absolute Gasteiger partial charge is 0.338 e. The van der Waals surface area contributed by atoms with E-state index >= 15 is 0 Å². The van der Waals surface area contributed by atoms with E-state index in [0.717, 1.165) is 25.5 Å². The zero-order valence-electron chi connectivity index (χ0n) is 13.6. The summed E-state index contributed by atoms with van der Waals surface area (Å²) in [4.78, 5) is 11.5. The molecule has 0 fully saturated rings. The molecular weight excluding hydrogens is 320 g/mol. The molecule has 1 aromatic carbocycles. The van der Waals surface area contributed by atoms with Crippen LogP contribution in [0.25, 0.3) is 0 Å². The minimum absolute atomic E-state index is 0.231. The van der Waals surface area contributed by atoms with Crippen LogP contribution in [0.15, 0.2) is 24.3 Å². The lowest BCUT2D eigenvalue weighted by atomic mass is 10.2. The Hall–Kier alpha value is -1.60. The molecule has 23 heavy (non-hydrogen) atoms. The number of esters is 1. The van der Waals surface area contributed by atoms with Gasteiger partial charge in [0.05, 0.1) is 31.6 Å². The van der Waals surface area contributed by atoms with Crippen LogP contribution < -0.4 is 4.74 Å². The van der Waals surface area contributed by atoms with Crippen LogP contribution in [0.5, 0.6) is 5.75 Å². The summed E-state index contributed by atoms with van der Waals surface area (Å²) >= 11 is 0. The number of ether oxygens (including phenoxy) is 2. The number of rotatable bonds is 11. The summed E-state index contributed by atoms with van der Waals surface area (Å²) in [6, 6.07) is 6.84. The first-order valence-corrected chi connectivity index (χ1v) is 9.48. The second-order valence-electron chi connectivity index (χ2n) is 5.03. The first kappa shape index (κ1) is 19.4. The SMILES string of the molecule is CCOC(=O)c1ccc(OCCCCCCOS(C)(=O)=O)cc1. The monoisotopic (exact) mass is 344 g/mol. The molecule has 0 radical (unpaired) electrons. The lowest BCUT2D eigenvalue weighted by molar-refractivity contribution is 0.0526. The number of carbonyl (C=O) groups excluding carboxylic acids is 1. The summed E-state index contributed by atoms with van der Waals surface area (Å²) in [6.45, 7) is 2.93. The number of unbranched alkanes of at least 4 members (excludes halogenated alkanes) is 3. The molecule has 0 aromatic heterocycles. The highest BCUT2D eigenvalue weighted by Crippen LogP contribution is 2.14. The minimum atomic E-state index is -3.33. The first-order valence-electron chi connectivity index (χ1n) is 7.67. The molecule has 0 N–H and O–H groups in total. The van der Waals surface area contributed by atoms with Crippen molar-refractivity contribution in [2.45, 2.75) is 32.6 Å². The highest BCUT2D eigenvalue weighted by atomic mass is 32.2. The lowest BCUT2D eigenvalue weighted by Gasteiger charge is -2.07. The van der Waals surface area contributed by atoms with Gasteiger partial charge in [0.2, 0.25) is 0 Å². The van der Waals surface area contributed by atoms with Crippen LogP contribution in [-0.2, 0) is 19.0 Å². The second kappa shape index (κ2) is 10.2. The maximum atomic E-state index is 11.5. The molecule has 0 aliphatic heterocycles. The summed E-state index contributed by atoms with van der Waals surface area (Å²) in [5.41, 5.74) is 0.505. The Kier molecular flexibility index (Phi) is 8.65. The predicted octanol–water partition coefficient (Wildman–Crippen LogP) is 2.78. The molecule has 0 amide bonds. The van der Waals surface area contributed by atoms with E-state index in [2.05, 4.69) is 4.18 Å². The summed E-state index contributed by atoms with van der Waals surface area (Å²) in [5.74, 6) is 0.369. The van der Waals surface area contributed by atoms with Crippen molar-refractivity contribution in [3.63, 3.8) is 0 Å². The standard InChI is InChI=1S/C16H24O6S/c1-3-20-16(17)14-8-10-15(11-9-14)21-12-6-4-5-7-13-22-23(2,18)19/h8-11H,3-7,12-13H2,1-2H3. The molecule has 0 spiro atoms. The maximum absolute atomic E-state index is 11.5. The molecule has 0 heterocycles. The Morgan fingerprint density at radius 3 is 2.17 bits per heavy atom. The molecule has 0 saturated heterocycles. The van der Waals surface area contributed by atoms with Crippen LogP contribution in [0, 0.1) is 0 Å². The third-order valence-electron chi connectivity index (χ3n) is 2.97. The number of carbonyl (C=O) groups is 1. The van der Waals surface area contributed by atoms with Crippen LogP contribution in [-0.4, -0.2) is 40.5 Å². The van der Waals surface area contributed by atoms with Crippen molar-refractivity contribution in [2.75, 3.05) is 26.1 Å². The molecule has 0 aliphatic carbocycles. The van der Waals surface area contributed by atoms with Gasteiger partial charge in [-0.2, -0.15) is 8.42 Å². The van der Waals surface area contributed by atoms with Gasteiger partial charge in [-0.15, -0.1) is 0 Å². The van der Waals surface area contributed by atoms with Crippen molar-refractivity contribution in [3.05, 3.63) is 29.8 Å². The number of benzene rings is 1. The van der Waals surface area contributed by atoms with Gasteiger partial charge in [-0.25, -0.2) is 4.79 Å². The number of hydrogen-bond donors (Lipinski definition) is 0. The fraction of sp³-hybridized carbons (Fsp3) is 0.562. The van der Waals surface area contributed by atoms with Crippen LogP contribution in [0.4, 0.5) is 0 Å². The van der Waals surface area contributed by atoms with Crippen LogP contribution >= 0.6 is 0 Å². The summed E-state index contributed by atoms with van der Waals surface area (Å²) in [7, 11) is -3.33. The van der Waals surface area contributed by atoms with E-state index in [-0.39, 0.29) is 12.6 Å². The Morgan fingerprint density at radius 1 is 1.00 bits per heavy atom. The van der Waals surface area contributed by atoms with Crippen molar-refractivity contribution < 1.29 is 26.9 Å². The van der Waals surface area contributed by atoms with Gasteiger partial charge in [0.1, 0.15) is 5.75 Å². The molecular formula is C16H24O6S. The fourth-order valence-electron chi connectivity index (χ4n) is 1.86. The van der Waals surface area contributed by atoms with E-state index < -0.39 is 10.1 Å². The molecule has 1 rings (SSSR count). The van der Waals surface area contributed by atoms with Gasteiger partial charge in [-0.3, -0.25) is 4.18 Å². The fourth-order valence-corrected chi connectivity index (χ4v) is 2.28. The molecule has 130 valence electrons. The highest BCUT2D eigenvalue weighted by molar-refractivity contribution is 7.85. The van der Waals surface area contributed by atoms with Gasteiger partial charge in [0, 0.05) is 0 Å². The normalized spacial score (nSPS) is 11.2. The van der Waals surface area contributed by atoms with Crippen LogP contribution in [0.3, 0.4) is 0 Å². The van der Waals surface area contributed by atoms with Gasteiger partial charge in [0.25, 0.3) is 10.1 Å². The third-order valence-corrected chi connectivity index (χ3v) is 3.57. The summed E-state index contributed by atoms with van der Waals surface area (Å²) in [5, 5.41) is 0. The zero-order valence-corrected chi connectivity index (χ0v) is 14.4. The summed E-state index contributed by atoms with van der Waals surface area (Å²) < 4.78 is 36.7. The van der Waals surface area contributed by atoms with Gasteiger partial charge < -0.3 is 9.47 Å². The zero-order chi connectivity index (χ0) is 17.1. The predicted molar refractivity (Wildman–Crippen MR) is 87.2 cm³/mol. The van der Waals surface area contributed by atoms with Crippen LogP contribution in [0.1, 0.15) is 43.0 Å². The third kappa shape index (κ3) is 9.20. The molecule has 0 saturated carbocycles. The maximum Gasteiger partial charge on any atom is 0.338 e. The van der Waals surface area contributed by atoms with E-state index in [0.29, 0.717) is 30.9 Å². The molecule has 0 unspecified atom stereocenters. The van der Waals surface area contributed by atoms with Crippen molar-refractivity contribution in [2.24, 2.45) is 0 Å². The van der Waals surface area contributed by atoms with Gasteiger partial charge in [0.15, 0.2) is 0 Å². The minimum Gasteiger partial charge on any atom is -0.494 e. The van der Waals surface area contributed by atoms with Crippen molar-refractivity contribution in [1.29, 1.82) is 0 Å². The van der Waals surface area contributed by atoms with Crippen molar-refractivity contribution in [1.82, 2.24) is 0 Å². The van der Waals surface area contributed by atoms with Crippen molar-refractivity contribution in [3.8, 4) is 5.75 Å². The summed E-state index contributed by atoms with van der Waals surface area (Å²) in [6.07, 6.45) is 4.46. The average Bonchev–Trinajstić information content (AvgIpc) is 2.49. The lowest BCUT2D eigenvalue weighted by Crippen LogP contribution is -2.05. The van der Waals surface area contributed by atoms with E-state index in [9.17, 15) is 13.2 Å². The number of hydrogen-bond acceptors (Lipinski definition) is 6. The van der Waals surface area contributed by atoms with E-state index in [1.165, 1.54) is 0 Å². The Morgan fingerprint density at radius 2 is 1.61 bits per heavy atom. The quantitative estimate of drug-likeness (QED) is 0.349. The van der Waals surface area contributed by atoms with E-state index in [1.54, 1.807) is 31.2 Å². The molecule has 1 aromatic rings. The van der Waals surface area contributed by atoms with E-state index in [4.69, 9.17) is 9.47 Å². The molecule has 7 heteroatoms. The van der Waals surface area contributed by atoms with Crippen molar-refractivity contribution >= 4 is 16.1 Å². The first-order chi connectivity index (χ1) is 10.9. The van der Waals surface area contributed by atoms with Gasteiger partial charge >= 0.3 is 5.97 Å². The molecule has 0 aliphatic rings. The average molecular weight is 344 g/mol. The Labute approximate surface area is 137 Å². The second-order valence-corrected chi connectivity index (χ2v) is 6.68. The Balaban J connectivity index is 2.13. The molecule has 6 nitrogen and oxygen atoms in total. The van der Waals surface area contributed by atoms with Crippen LogP contribution in [0.2, 0.25) is 0 Å². The topological polar surface area (TPSA) is 78.9 Å². The molecule has 0 atom stereocenters. The van der Waals surface area contributed by atoms with Gasteiger partial charge in [-0.1, -0.05) is 6.42 Å².